The van der Waals surface area contributed by atoms with Crippen molar-refractivity contribution in [3.63, 3.8) is 0 Å². The van der Waals surface area contributed by atoms with E-state index in [4.69, 9.17) is 0 Å². The minimum absolute atomic E-state index is 0.436. The molecule has 1 fully saturated rings. The Morgan fingerprint density at radius 1 is 1.37 bits per heavy atom. The van der Waals surface area contributed by atoms with Gasteiger partial charge in [-0.3, -0.25) is 0 Å². The summed E-state index contributed by atoms with van der Waals surface area (Å²) < 4.78 is 0. The summed E-state index contributed by atoms with van der Waals surface area (Å²) in [5.74, 6) is 2.57. The minimum Gasteiger partial charge on any atom is -0.310 e. The molecule has 0 bridgehead atoms. The first-order valence-corrected chi connectivity index (χ1v) is 8.53. The normalized spacial score (nSPS) is 24.1. The maximum absolute atomic E-state index is 3.86. The van der Waals surface area contributed by atoms with Crippen molar-refractivity contribution in [3.8, 4) is 0 Å². The van der Waals surface area contributed by atoms with Gasteiger partial charge in [0.05, 0.1) is 0 Å². The second-order valence-corrected chi connectivity index (χ2v) is 7.71. The van der Waals surface area contributed by atoms with Crippen LogP contribution in [0.15, 0.2) is 24.3 Å². The van der Waals surface area contributed by atoms with Crippen LogP contribution in [0.1, 0.15) is 38.3 Å². The third-order valence-corrected chi connectivity index (χ3v) is 5.45. The van der Waals surface area contributed by atoms with Crippen LogP contribution in [0.2, 0.25) is 0 Å². The molecule has 1 aromatic carbocycles. The molecule has 0 saturated carbocycles. The van der Waals surface area contributed by atoms with Crippen molar-refractivity contribution in [1.29, 1.82) is 0 Å². The molecular weight excluding hydrogens is 250 g/mol. The van der Waals surface area contributed by atoms with Gasteiger partial charge in [0.15, 0.2) is 0 Å². The van der Waals surface area contributed by atoms with E-state index in [1.165, 1.54) is 29.1 Å². The molecule has 0 radical (unpaired) electrons. The average Bonchev–Trinajstić information content (AvgIpc) is 2.35. The van der Waals surface area contributed by atoms with Crippen LogP contribution in [0, 0.1) is 12.3 Å². The number of benzene rings is 1. The molecular formula is C17H27NS. The molecule has 1 N–H and O–H groups in total. The number of rotatable bonds is 4. The monoisotopic (exact) mass is 277 g/mol. The van der Waals surface area contributed by atoms with Gasteiger partial charge in [-0.25, -0.2) is 0 Å². The highest BCUT2D eigenvalue weighted by Gasteiger charge is 2.33. The van der Waals surface area contributed by atoms with Crippen molar-refractivity contribution in [2.45, 2.75) is 52.6 Å². The number of thioether (sulfide) groups is 1. The van der Waals surface area contributed by atoms with Gasteiger partial charge in [-0.2, -0.15) is 11.8 Å². The van der Waals surface area contributed by atoms with Gasteiger partial charge in [-0.1, -0.05) is 38.1 Å². The summed E-state index contributed by atoms with van der Waals surface area (Å²) >= 11 is 2.09. The van der Waals surface area contributed by atoms with Crippen molar-refractivity contribution < 1.29 is 0 Å². The summed E-state index contributed by atoms with van der Waals surface area (Å²) in [7, 11) is 0. The first-order valence-electron chi connectivity index (χ1n) is 7.37. The molecule has 2 heteroatoms. The lowest BCUT2D eigenvalue weighted by Crippen LogP contribution is -2.50. The number of nitrogens with one attached hydrogen (secondary N) is 1. The summed E-state index contributed by atoms with van der Waals surface area (Å²) in [5.41, 5.74) is 3.32. The lowest BCUT2D eigenvalue weighted by Gasteiger charge is -2.40. The summed E-state index contributed by atoms with van der Waals surface area (Å²) in [4.78, 5) is 0. The molecule has 0 amide bonds. The Hall–Kier alpha value is -0.470. The van der Waals surface area contributed by atoms with Crippen molar-refractivity contribution in [2.24, 2.45) is 5.41 Å². The van der Waals surface area contributed by atoms with Gasteiger partial charge in [-0.05, 0) is 49.0 Å². The molecule has 1 heterocycles. The van der Waals surface area contributed by atoms with Crippen LogP contribution in [0.4, 0.5) is 0 Å². The zero-order valence-electron chi connectivity index (χ0n) is 12.7. The summed E-state index contributed by atoms with van der Waals surface area (Å²) in [6.45, 7) is 9.35. The van der Waals surface area contributed by atoms with Crippen molar-refractivity contribution in [1.82, 2.24) is 5.32 Å². The topological polar surface area (TPSA) is 12.0 Å². The third kappa shape index (κ3) is 4.00. The molecule has 2 rings (SSSR count). The predicted molar refractivity (Wildman–Crippen MR) is 87.0 cm³/mol. The lowest BCUT2D eigenvalue weighted by atomic mass is 9.81. The first-order chi connectivity index (χ1) is 8.99. The molecule has 0 spiro atoms. The molecule has 2 atom stereocenters. The average molecular weight is 277 g/mol. The molecule has 19 heavy (non-hydrogen) atoms. The lowest BCUT2D eigenvalue weighted by molar-refractivity contribution is 0.231. The first kappa shape index (κ1) is 14.9. The fourth-order valence-corrected chi connectivity index (χ4v) is 4.40. The molecule has 1 saturated heterocycles. The van der Waals surface area contributed by atoms with Crippen LogP contribution in [-0.4, -0.2) is 23.6 Å². The minimum atomic E-state index is 0.436. The molecule has 1 nitrogen and oxygen atoms in total. The highest BCUT2D eigenvalue weighted by molar-refractivity contribution is 7.99. The van der Waals surface area contributed by atoms with E-state index >= 15 is 0 Å². The zero-order valence-corrected chi connectivity index (χ0v) is 13.5. The Morgan fingerprint density at radius 3 is 2.79 bits per heavy atom. The maximum atomic E-state index is 3.86. The van der Waals surface area contributed by atoms with Gasteiger partial charge in [-0.15, -0.1) is 0 Å². The number of hydrogen-bond acceptors (Lipinski definition) is 2. The Bertz CT molecular complexity index is 413. The molecule has 2 unspecified atom stereocenters. The molecule has 1 aliphatic rings. The van der Waals surface area contributed by atoms with Crippen LogP contribution in [-0.2, 0) is 6.42 Å². The molecule has 0 aliphatic carbocycles. The van der Waals surface area contributed by atoms with Gasteiger partial charge >= 0.3 is 0 Å². The maximum Gasteiger partial charge on any atom is 0.0212 e. The fraction of sp³-hybridized carbons (Fsp3) is 0.647. The van der Waals surface area contributed by atoms with Crippen molar-refractivity contribution in [3.05, 3.63) is 35.4 Å². The second-order valence-electron chi connectivity index (χ2n) is 6.56. The molecule has 1 aliphatic heterocycles. The smallest absolute Gasteiger partial charge is 0.0212 e. The molecule has 106 valence electrons. The standard InChI is InChI=1S/C17H27NS/c1-13-7-5-6-8-15(13)11-14(2)18-16-12-19-10-9-17(16,3)4/h5-8,14,16,18H,9-12H2,1-4H3. The Balaban J connectivity index is 1.94. The number of hydrogen-bond donors (Lipinski definition) is 1. The van der Waals surface area contributed by atoms with Crippen LogP contribution in [0.25, 0.3) is 0 Å². The van der Waals surface area contributed by atoms with Crippen molar-refractivity contribution in [2.75, 3.05) is 11.5 Å². The summed E-state index contributed by atoms with van der Waals surface area (Å²) in [6, 6.07) is 9.93. The second kappa shape index (κ2) is 6.32. The highest BCUT2D eigenvalue weighted by atomic mass is 32.2. The van der Waals surface area contributed by atoms with E-state index in [1.54, 1.807) is 0 Å². The van der Waals surface area contributed by atoms with E-state index in [-0.39, 0.29) is 0 Å². The van der Waals surface area contributed by atoms with E-state index in [9.17, 15) is 0 Å². The quantitative estimate of drug-likeness (QED) is 0.891. The van der Waals surface area contributed by atoms with Crippen LogP contribution >= 0.6 is 11.8 Å². The summed E-state index contributed by atoms with van der Waals surface area (Å²) in [5, 5.41) is 3.86. The fourth-order valence-electron chi connectivity index (χ4n) is 2.78. The highest BCUT2D eigenvalue weighted by Crippen LogP contribution is 2.34. The predicted octanol–water partition coefficient (Wildman–Crippen LogP) is 4.05. The number of aryl methyl sites for hydroxylation is 1. The van der Waals surface area contributed by atoms with E-state index < -0.39 is 0 Å². The molecule has 0 aromatic heterocycles. The Morgan fingerprint density at radius 2 is 2.11 bits per heavy atom. The van der Waals surface area contributed by atoms with Gasteiger partial charge in [0.1, 0.15) is 0 Å². The van der Waals surface area contributed by atoms with E-state index in [0.717, 1.165) is 6.42 Å². The SMILES string of the molecule is Cc1ccccc1CC(C)NC1CSCCC1(C)C. The zero-order chi connectivity index (χ0) is 13.9. The Kier molecular flexibility index (Phi) is 4.97. The van der Waals surface area contributed by atoms with Crippen LogP contribution in [0.5, 0.6) is 0 Å². The summed E-state index contributed by atoms with van der Waals surface area (Å²) in [6.07, 6.45) is 2.45. The van der Waals surface area contributed by atoms with Gasteiger partial charge in [0.25, 0.3) is 0 Å². The third-order valence-electron chi connectivity index (χ3n) is 4.39. The van der Waals surface area contributed by atoms with Gasteiger partial charge < -0.3 is 5.32 Å². The van der Waals surface area contributed by atoms with E-state index in [2.05, 4.69) is 69.0 Å². The van der Waals surface area contributed by atoms with E-state index in [0.29, 0.717) is 17.5 Å². The van der Waals surface area contributed by atoms with Crippen molar-refractivity contribution >= 4 is 11.8 Å². The van der Waals surface area contributed by atoms with Crippen LogP contribution < -0.4 is 5.32 Å². The van der Waals surface area contributed by atoms with E-state index in [1.807, 2.05) is 0 Å². The van der Waals surface area contributed by atoms with Gasteiger partial charge in [0.2, 0.25) is 0 Å². The molecule has 1 aromatic rings. The van der Waals surface area contributed by atoms with Gasteiger partial charge in [0, 0.05) is 17.8 Å². The Labute approximate surface area is 122 Å². The largest absolute Gasteiger partial charge is 0.310 e. The van der Waals surface area contributed by atoms with Crippen LogP contribution in [0.3, 0.4) is 0 Å².